The molecule has 0 N–H and O–H groups in total. The van der Waals surface area contributed by atoms with Gasteiger partial charge in [-0.3, -0.25) is 9.97 Å². The Morgan fingerprint density at radius 2 is 2.17 bits per heavy atom. The Hall–Kier alpha value is -1.93. The fourth-order valence-corrected chi connectivity index (χ4v) is 1.88. The summed E-state index contributed by atoms with van der Waals surface area (Å²) in [6.07, 6.45) is 4.97. The van der Waals surface area contributed by atoms with Crippen LogP contribution in [0.25, 0.3) is 11.3 Å². The molecule has 0 aliphatic carbocycles. The van der Waals surface area contributed by atoms with Gasteiger partial charge in [0.2, 0.25) is 0 Å². The third kappa shape index (κ3) is 2.66. The lowest BCUT2D eigenvalue weighted by Crippen LogP contribution is -1.96. The first-order valence-corrected chi connectivity index (χ1v) is 6.17. The van der Waals surface area contributed by atoms with Gasteiger partial charge in [-0.05, 0) is 35.0 Å². The maximum absolute atomic E-state index is 9.09. The van der Waals surface area contributed by atoms with Gasteiger partial charge < -0.3 is 4.74 Å². The third-order valence-electron chi connectivity index (χ3n) is 2.29. The van der Waals surface area contributed by atoms with Gasteiger partial charge >= 0.3 is 0 Å². The average molecular weight is 304 g/mol. The van der Waals surface area contributed by atoms with Crippen molar-refractivity contribution in [1.29, 1.82) is 5.26 Å². The van der Waals surface area contributed by atoms with E-state index in [1.165, 1.54) is 0 Å². The summed E-state index contributed by atoms with van der Waals surface area (Å²) in [5.74, 6) is 0.506. The molecule has 2 aromatic heterocycles. The lowest BCUT2D eigenvalue weighted by atomic mass is 10.1. The predicted octanol–water partition coefficient (Wildman–Crippen LogP) is 3.18. The zero-order valence-electron chi connectivity index (χ0n) is 9.72. The molecule has 0 unspecified atom stereocenters. The lowest BCUT2D eigenvalue weighted by Gasteiger charge is -2.06. The van der Waals surface area contributed by atoms with Crippen LogP contribution in [0.2, 0.25) is 0 Å². The zero-order chi connectivity index (χ0) is 13.0. The van der Waals surface area contributed by atoms with Gasteiger partial charge in [-0.2, -0.15) is 5.26 Å². The fourth-order valence-electron chi connectivity index (χ4n) is 1.51. The molecule has 0 saturated heterocycles. The molecule has 0 radical (unpaired) electrons. The number of halogens is 1. The van der Waals surface area contributed by atoms with E-state index in [4.69, 9.17) is 10.00 Å². The molecule has 2 rings (SSSR count). The van der Waals surface area contributed by atoms with Crippen LogP contribution in [-0.4, -0.2) is 16.6 Å². The summed E-state index contributed by atoms with van der Waals surface area (Å²) >= 11 is 3.35. The molecule has 18 heavy (non-hydrogen) atoms. The standard InChI is InChI=1S/C13H10BrN3O/c1-2-18-13-8-17-12(4-9(13)5-15)10-3-11(14)7-16-6-10/h3-4,6-8H,2H2,1H3. The van der Waals surface area contributed by atoms with Crippen LogP contribution in [0.3, 0.4) is 0 Å². The van der Waals surface area contributed by atoms with Gasteiger partial charge in [-0.25, -0.2) is 0 Å². The maximum Gasteiger partial charge on any atom is 0.155 e. The van der Waals surface area contributed by atoms with Gasteiger partial charge in [0.25, 0.3) is 0 Å². The molecule has 90 valence electrons. The van der Waals surface area contributed by atoms with Gasteiger partial charge in [0.05, 0.1) is 24.1 Å². The second-order valence-electron chi connectivity index (χ2n) is 3.50. The van der Waals surface area contributed by atoms with Crippen LogP contribution in [0.5, 0.6) is 5.75 Å². The van der Waals surface area contributed by atoms with Crippen LogP contribution in [0, 0.1) is 11.3 Å². The molecule has 0 aliphatic rings. The molecule has 0 saturated carbocycles. The Labute approximate surface area is 113 Å². The Kier molecular flexibility index (Phi) is 3.90. The van der Waals surface area contributed by atoms with Crippen molar-refractivity contribution >= 4 is 15.9 Å². The van der Waals surface area contributed by atoms with E-state index in [2.05, 4.69) is 32.0 Å². The normalized spacial score (nSPS) is 9.83. The van der Waals surface area contributed by atoms with Crippen LogP contribution in [0.15, 0.2) is 35.2 Å². The van der Waals surface area contributed by atoms with E-state index in [1.54, 1.807) is 24.7 Å². The minimum atomic E-state index is 0.474. The summed E-state index contributed by atoms with van der Waals surface area (Å²) in [6, 6.07) is 5.71. The van der Waals surface area contributed by atoms with Gasteiger partial charge in [0.15, 0.2) is 5.75 Å². The van der Waals surface area contributed by atoms with Gasteiger partial charge in [-0.1, -0.05) is 0 Å². The first kappa shape index (κ1) is 12.5. The van der Waals surface area contributed by atoms with E-state index in [1.807, 2.05) is 13.0 Å². The molecule has 0 aromatic carbocycles. The quantitative estimate of drug-likeness (QED) is 0.874. The number of rotatable bonds is 3. The van der Waals surface area contributed by atoms with Crippen LogP contribution in [-0.2, 0) is 0 Å². The summed E-state index contributed by atoms with van der Waals surface area (Å²) in [5, 5.41) is 9.09. The van der Waals surface area contributed by atoms with Gasteiger partial charge in [0, 0.05) is 22.4 Å². The SMILES string of the molecule is CCOc1cnc(-c2cncc(Br)c2)cc1C#N. The summed E-state index contributed by atoms with van der Waals surface area (Å²) < 4.78 is 6.20. The van der Waals surface area contributed by atoms with Crippen molar-refractivity contribution in [3.63, 3.8) is 0 Å². The summed E-state index contributed by atoms with van der Waals surface area (Å²) in [7, 11) is 0. The smallest absolute Gasteiger partial charge is 0.155 e. The average Bonchev–Trinajstić information content (AvgIpc) is 2.39. The minimum absolute atomic E-state index is 0.474. The predicted molar refractivity (Wildman–Crippen MR) is 71.1 cm³/mol. The number of nitrogens with zero attached hydrogens (tertiary/aromatic N) is 3. The molecule has 0 spiro atoms. The highest BCUT2D eigenvalue weighted by Crippen LogP contribution is 2.24. The Bertz CT molecular complexity index is 607. The second kappa shape index (κ2) is 5.61. The summed E-state index contributed by atoms with van der Waals surface area (Å²) in [4.78, 5) is 8.35. The van der Waals surface area contributed by atoms with Crippen molar-refractivity contribution in [2.24, 2.45) is 0 Å². The van der Waals surface area contributed by atoms with Crippen LogP contribution < -0.4 is 4.74 Å². The third-order valence-corrected chi connectivity index (χ3v) is 2.72. The van der Waals surface area contributed by atoms with E-state index in [-0.39, 0.29) is 0 Å². The van der Waals surface area contributed by atoms with Crippen LogP contribution in [0.1, 0.15) is 12.5 Å². The van der Waals surface area contributed by atoms with Gasteiger partial charge in [-0.15, -0.1) is 0 Å². The number of hydrogen-bond acceptors (Lipinski definition) is 4. The molecule has 2 aromatic rings. The molecule has 2 heterocycles. The maximum atomic E-state index is 9.09. The number of aromatic nitrogens is 2. The first-order chi connectivity index (χ1) is 8.74. The molecule has 0 fully saturated rings. The monoisotopic (exact) mass is 303 g/mol. The first-order valence-electron chi connectivity index (χ1n) is 5.38. The Morgan fingerprint density at radius 3 is 2.83 bits per heavy atom. The van der Waals surface area contributed by atoms with Crippen molar-refractivity contribution < 1.29 is 4.74 Å². The van der Waals surface area contributed by atoms with E-state index >= 15 is 0 Å². The topological polar surface area (TPSA) is 58.8 Å². The summed E-state index contributed by atoms with van der Waals surface area (Å²) in [6.45, 7) is 2.38. The van der Waals surface area contributed by atoms with E-state index < -0.39 is 0 Å². The lowest BCUT2D eigenvalue weighted by molar-refractivity contribution is 0.338. The highest BCUT2D eigenvalue weighted by molar-refractivity contribution is 9.10. The number of pyridine rings is 2. The molecular weight excluding hydrogens is 294 g/mol. The molecule has 0 aliphatic heterocycles. The van der Waals surface area contributed by atoms with Crippen LogP contribution >= 0.6 is 15.9 Å². The van der Waals surface area contributed by atoms with Crippen molar-refractivity contribution in [3.8, 4) is 23.1 Å². The summed E-state index contributed by atoms with van der Waals surface area (Å²) in [5.41, 5.74) is 2.02. The van der Waals surface area contributed by atoms with Crippen LogP contribution in [0.4, 0.5) is 0 Å². The largest absolute Gasteiger partial charge is 0.491 e. The second-order valence-corrected chi connectivity index (χ2v) is 4.42. The minimum Gasteiger partial charge on any atom is -0.491 e. The van der Waals surface area contributed by atoms with Crippen molar-refractivity contribution in [1.82, 2.24) is 9.97 Å². The zero-order valence-corrected chi connectivity index (χ0v) is 11.3. The molecular formula is C13H10BrN3O. The fraction of sp³-hybridized carbons (Fsp3) is 0.154. The molecule has 4 nitrogen and oxygen atoms in total. The highest BCUT2D eigenvalue weighted by atomic mass is 79.9. The van der Waals surface area contributed by atoms with Gasteiger partial charge in [0.1, 0.15) is 6.07 Å². The molecule has 0 atom stereocenters. The highest BCUT2D eigenvalue weighted by Gasteiger charge is 2.07. The van der Waals surface area contributed by atoms with E-state index in [0.29, 0.717) is 23.6 Å². The van der Waals surface area contributed by atoms with E-state index in [9.17, 15) is 0 Å². The van der Waals surface area contributed by atoms with Crippen molar-refractivity contribution in [2.75, 3.05) is 6.61 Å². The molecule has 0 bridgehead atoms. The van der Waals surface area contributed by atoms with Crippen molar-refractivity contribution in [3.05, 3.63) is 40.8 Å². The number of nitriles is 1. The van der Waals surface area contributed by atoms with E-state index in [0.717, 1.165) is 10.0 Å². The number of ether oxygens (including phenoxy) is 1. The molecule has 5 heteroatoms. The Morgan fingerprint density at radius 1 is 1.33 bits per heavy atom. The Balaban J connectivity index is 2.45. The number of hydrogen-bond donors (Lipinski definition) is 0. The molecule has 0 amide bonds. The van der Waals surface area contributed by atoms with Crippen molar-refractivity contribution in [2.45, 2.75) is 6.92 Å².